The van der Waals surface area contributed by atoms with Crippen LogP contribution in [0.15, 0.2) is 48.5 Å². The van der Waals surface area contributed by atoms with Crippen molar-refractivity contribution < 1.29 is 24.7 Å². The second-order valence-electron chi connectivity index (χ2n) is 8.99. The molecule has 2 aromatic carbocycles. The second kappa shape index (κ2) is 13.0. The van der Waals surface area contributed by atoms with Gasteiger partial charge in [-0.2, -0.15) is 0 Å². The third-order valence-electron chi connectivity index (χ3n) is 6.30. The van der Waals surface area contributed by atoms with Gasteiger partial charge < -0.3 is 21.1 Å². The predicted octanol–water partition coefficient (Wildman–Crippen LogP) is 2.45. The molecular formula is C26H34N4O5. The zero-order valence-corrected chi connectivity index (χ0v) is 19.9. The van der Waals surface area contributed by atoms with Crippen LogP contribution in [-0.4, -0.2) is 53.3 Å². The average Bonchev–Trinajstić information content (AvgIpc) is 3.38. The van der Waals surface area contributed by atoms with E-state index in [-0.39, 0.29) is 12.5 Å². The summed E-state index contributed by atoms with van der Waals surface area (Å²) >= 11 is 0. The molecule has 6 N–H and O–H groups in total. The van der Waals surface area contributed by atoms with Crippen LogP contribution in [-0.2, 0) is 9.59 Å². The van der Waals surface area contributed by atoms with Crippen LogP contribution in [0.3, 0.4) is 0 Å². The Kier molecular flexibility index (Phi) is 9.77. The maximum Gasteiger partial charge on any atom is 0.268 e. The Bertz CT molecular complexity index is 986. The van der Waals surface area contributed by atoms with Gasteiger partial charge in [-0.05, 0) is 61.2 Å². The Morgan fingerprint density at radius 2 is 1.57 bits per heavy atom. The molecule has 9 heteroatoms. The van der Waals surface area contributed by atoms with E-state index in [0.29, 0.717) is 11.3 Å². The highest BCUT2D eigenvalue weighted by Gasteiger charge is 2.25. The van der Waals surface area contributed by atoms with Crippen LogP contribution < -0.4 is 21.4 Å². The number of carbonyl (C=O) groups excluding carboxylic acids is 3. The second-order valence-corrected chi connectivity index (χ2v) is 8.99. The van der Waals surface area contributed by atoms with Gasteiger partial charge in [-0.3, -0.25) is 19.6 Å². The minimum Gasteiger partial charge on any atom is -0.391 e. The monoisotopic (exact) mass is 482 g/mol. The molecule has 0 bridgehead atoms. The molecule has 0 unspecified atom stereocenters. The van der Waals surface area contributed by atoms with E-state index in [1.807, 2.05) is 24.3 Å². The van der Waals surface area contributed by atoms with Crippen molar-refractivity contribution in [3.63, 3.8) is 0 Å². The maximum atomic E-state index is 12.4. The third kappa shape index (κ3) is 7.88. The average molecular weight is 483 g/mol. The molecule has 2 atom stereocenters. The Labute approximate surface area is 205 Å². The predicted molar refractivity (Wildman–Crippen MR) is 133 cm³/mol. The lowest BCUT2D eigenvalue weighted by Crippen LogP contribution is -2.51. The van der Waals surface area contributed by atoms with E-state index in [4.69, 9.17) is 5.21 Å². The molecule has 1 aliphatic rings. The van der Waals surface area contributed by atoms with Crippen molar-refractivity contribution in [3.8, 4) is 11.1 Å². The molecule has 9 nitrogen and oxygen atoms in total. The van der Waals surface area contributed by atoms with Crippen molar-refractivity contribution in [1.29, 1.82) is 0 Å². The molecule has 0 heterocycles. The molecule has 3 amide bonds. The maximum absolute atomic E-state index is 12.4. The number of amides is 3. The quantitative estimate of drug-likeness (QED) is 0.165. The summed E-state index contributed by atoms with van der Waals surface area (Å²) in [4.78, 5) is 36.2. The first-order valence-corrected chi connectivity index (χ1v) is 12.0. The van der Waals surface area contributed by atoms with Crippen LogP contribution in [0.4, 0.5) is 5.69 Å². The van der Waals surface area contributed by atoms with Crippen molar-refractivity contribution in [2.45, 2.75) is 51.2 Å². The topological polar surface area (TPSA) is 140 Å². The van der Waals surface area contributed by atoms with Gasteiger partial charge in [0.15, 0.2) is 0 Å². The van der Waals surface area contributed by atoms with E-state index in [0.717, 1.165) is 30.0 Å². The minimum atomic E-state index is -1.28. The van der Waals surface area contributed by atoms with Gasteiger partial charge in [0.25, 0.3) is 11.8 Å². The summed E-state index contributed by atoms with van der Waals surface area (Å²) in [5.41, 5.74) is 4.21. The van der Waals surface area contributed by atoms with Crippen LogP contribution in [0.2, 0.25) is 0 Å². The number of nitrogens with one attached hydrogen (secondary N) is 4. The summed E-state index contributed by atoms with van der Waals surface area (Å²) in [6.45, 7) is 2.48. The highest BCUT2D eigenvalue weighted by molar-refractivity contribution is 5.98. The molecular weight excluding hydrogens is 448 g/mol. The first-order chi connectivity index (χ1) is 16.9. The fourth-order valence-corrected chi connectivity index (χ4v) is 4.27. The number of hydrogen-bond acceptors (Lipinski definition) is 6. The first-order valence-electron chi connectivity index (χ1n) is 12.0. The number of aliphatic hydroxyl groups excluding tert-OH is 1. The Morgan fingerprint density at radius 1 is 0.971 bits per heavy atom. The fourth-order valence-electron chi connectivity index (χ4n) is 4.27. The van der Waals surface area contributed by atoms with Crippen molar-refractivity contribution >= 4 is 23.4 Å². The molecule has 0 radical (unpaired) electrons. The minimum absolute atomic E-state index is 0.0788. The molecule has 1 fully saturated rings. The van der Waals surface area contributed by atoms with Crippen molar-refractivity contribution in [3.05, 3.63) is 54.1 Å². The molecule has 0 aromatic heterocycles. The summed E-state index contributed by atoms with van der Waals surface area (Å²) in [6.07, 6.45) is 5.22. The Hall–Kier alpha value is -3.27. The van der Waals surface area contributed by atoms with E-state index in [1.165, 1.54) is 38.1 Å². The zero-order valence-electron chi connectivity index (χ0n) is 19.9. The van der Waals surface area contributed by atoms with Gasteiger partial charge in [0, 0.05) is 11.3 Å². The molecule has 0 saturated heterocycles. The highest BCUT2D eigenvalue weighted by Crippen LogP contribution is 2.27. The molecule has 0 aliphatic heterocycles. The van der Waals surface area contributed by atoms with Crippen LogP contribution in [0.5, 0.6) is 0 Å². The summed E-state index contributed by atoms with van der Waals surface area (Å²) in [6, 6.07) is 12.9. The van der Waals surface area contributed by atoms with Crippen LogP contribution in [0.25, 0.3) is 11.1 Å². The van der Waals surface area contributed by atoms with Gasteiger partial charge in [0.05, 0.1) is 12.6 Å². The smallest absolute Gasteiger partial charge is 0.268 e. The molecule has 2 aromatic rings. The molecule has 3 rings (SSSR count). The lowest BCUT2D eigenvalue weighted by atomic mass is 10.0. The molecule has 0 spiro atoms. The van der Waals surface area contributed by atoms with E-state index < -0.39 is 24.0 Å². The summed E-state index contributed by atoms with van der Waals surface area (Å²) in [5.74, 6) is -0.738. The van der Waals surface area contributed by atoms with Gasteiger partial charge in [0.1, 0.15) is 6.04 Å². The standard InChI is InChI=1S/C26H34N4O5/c1-17(31)24(26(34)30-35)29-25(33)21-8-6-19(7-9-21)20-10-12-22(13-11-20)28-23(32)16-27-15-14-18-4-2-3-5-18/h6-13,17-18,24,27,31,35H,2-5,14-16H2,1H3,(H,28,32)(H,29,33)(H,30,34)/t17-,24+/m1/s1. The summed E-state index contributed by atoms with van der Waals surface area (Å²) in [7, 11) is 0. The third-order valence-corrected chi connectivity index (χ3v) is 6.30. The van der Waals surface area contributed by atoms with Gasteiger partial charge in [0.2, 0.25) is 5.91 Å². The van der Waals surface area contributed by atoms with Crippen molar-refractivity contribution in [1.82, 2.24) is 16.1 Å². The van der Waals surface area contributed by atoms with Gasteiger partial charge >= 0.3 is 0 Å². The number of carbonyl (C=O) groups is 3. The molecule has 1 saturated carbocycles. The van der Waals surface area contributed by atoms with E-state index >= 15 is 0 Å². The lowest BCUT2D eigenvalue weighted by molar-refractivity contribution is -0.133. The number of hydrogen-bond donors (Lipinski definition) is 6. The number of hydroxylamine groups is 1. The van der Waals surface area contributed by atoms with Gasteiger partial charge in [-0.1, -0.05) is 49.9 Å². The SMILES string of the molecule is C[C@@H](O)[C@H](NC(=O)c1ccc(-c2ccc(NC(=O)CNCCC3CCCC3)cc2)cc1)C(=O)NO. The van der Waals surface area contributed by atoms with Crippen molar-refractivity contribution in [2.75, 3.05) is 18.4 Å². The fraction of sp³-hybridized carbons (Fsp3) is 0.423. The summed E-state index contributed by atoms with van der Waals surface area (Å²) < 4.78 is 0. The van der Waals surface area contributed by atoms with Crippen molar-refractivity contribution in [2.24, 2.45) is 5.92 Å². The van der Waals surface area contributed by atoms with Crippen LogP contribution in [0, 0.1) is 5.92 Å². The molecule has 1 aliphatic carbocycles. The largest absolute Gasteiger partial charge is 0.391 e. The number of rotatable bonds is 11. The van der Waals surface area contributed by atoms with Crippen LogP contribution in [0.1, 0.15) is 49.4 Å². The van der Waals surface area contributed by atoms with E-state index in [1.54, 1.807) is 24.3 Å². The summed E-state index contributed by atoms with van der Waals surface area (Å²) in [5, 5.41) is 26.9. The number of aliphatic hydroxyl groups is 1. The van der Waals surface area contributed by atoms with E-state index in [2.05, 4.69) is 16.0 Å². The van der Waals surface area contributed by atoms with Gasteiger partial charge in [-0.15, -0.1) is 0 Å². The highest BCUT2D eigenvalue weighted by atomic mass is 16.5. The normalized spacial score (nSPS) is 15.3. The molecule has 188 valence electrons. The Morgan fingerprint density at radius 3 is 2.14 bits per heavy atom. The number of benzene rings is 2. The Balaban J connectivity index is 1.49. The lowest BCUT2D eigenvalue weighted by Gasteiger charge is -2.19. The van der Waals surface area contributed by atoms with Crippen LogP contribution >= 0.6 is 0 Å². The first kappa shape index (κ1) is 26.3. The van der Waals surface area contributed by atoms with Gasteiger partial charge in [-0.25, -0.2) is 5.48 Å². The number of anilines is 1. The zero-order chi connectivity index (χ0) is 25.2. The molecule has 35 heavy (non-hydrogen) atoms. The van der Waals surface area contributed by atoms with E-state index in [9.17, 15) is 19.5 Å².